The Morgan fingerprint density at radius 1 is 0.941 bits per heavy atom. The van der Waals surface area contributed by atoms with Gasteiger partial charge < -0.3 is 5.43 Å². The van der Waals surface area contributed by atoms with Crippen molar-refractivity contribution >= 4 is 5.69 Å². The zero-order valence-corrected chi connectivity index (χ0v) is 8.11. The van der Waals surface area contributed by atoms with Crippen molar-refractivity contribution in [2.75, 3.05) is 0 Å². The molecule has 2 aromatic rings. The van der Waals surface area contributed by atoms with Crippen LogP contribution in [-0.2, 0) is 0 Å². The van der Waals surface area contributed by atoms with Crippen molar-refractivity contribution in [3.8, 4) is 0 Å². The zero-order valence-electron chi connectivity index (χ0n) is 8.11. The molecular weight excluding hydrogens is 240 g/mol. The molecule has 0 saturated carbocycles. The molecule has 2 rings (SSSR count). The summed E-state index contributed by atoms with van der Waals surface area (Å²) in [4.78, 5) is 6.05. The van der Waals surface area contributed by atoms with Gasteiger partial charge in [-0.1, -0.05) is 0 Å². The molecule has 0 unspecified atom stereocenters. The average molecular weight is 244 g/mol. The van der Waals surface area contributed by atoms with Crippen LogP contribution in [0.2, 0.25) is 0 Å². The first kappa shape index (κ1) is 11.2. The highest BCUT2D eigenvalue weighted by Gasteiger charge is 2.16. The normalized spacial score (nSPS) is 10.4. The van der Waals surface area contributed by atoms with Gasteiger partial charge in [0, 0.05) is 0 Å². The third-order valence-corrected chi connectivity index (χ3v) is 1.80. The molecule has 0 aromatic carbocycles. The molecule has 0 amide bonds. The molecule has 0 aliphatic heterocycles. The van der Waals surface area contributed by atoms with E-state index in [1.165, 1.54) is 24.8 Å². The van der Waals surface area contributed by atoms with Crippen LogP contribution < -0.4 is 4.68 Å². The van der Waals surface area contributed by atoms with Gasteiger partial charge in [0.05, 0.1) is 12.4 Å². The van der Waals surface area contributed by atoms with Crippen molar-refractivity contribution in [1.82, 2.24) is 9.97 Å². The van der Waals surface area contributed by atoms with E-state index in [0.29, 0.717) is 0 Å². The Hall–Kier alpha value is -2.25. The van der Waals surface area contributed by atoms with Crippen LogP contribution in [0.1, 0.15) is 0 Å². The van der Waals surface area contributed by atoms with Gasteiger partial charge >= 0.3 is 0 Å². The highest BCUT2D eigenvalue weighted by Crippen LogP contribution is 2.26. The molecular formula is C9H4F4N4. The predicted octanol–water partition coefficient (Wildman–Crippen LogP) is 1.79. The number of halogens is 4. The van der Waals surface area contributed by atoms with Crippen LogP contribution in [0.4, 0.5) is 23.2 Å². The Balaban J connectivity index is 2.46. The molecule has 0 bridgehead atoms. The standard InChI is InChI=1S/C9H4F4N4/c10-5-7(6(11)9(13)15-8(5)12)16-17-3-1-14-2-4-17/h1-4H. The monoisotopic (exact) mass is 244 g/mol. The Bertz CT molecular complexity index is 520. The quantitative estimate of drug-likeness (QED) is 0.459. The summed E-state index contributed by atoms with van der Waals surface area (Å²) in [6.07, 6.45) is 5.06. The number of aromatic nitrogens is 3. The van der Waals surface area contributed by atoms with E-state index in [9.17, 15) is 17.6 Å². The highest BCUT2D eigenvalue weighted by molar-refractivity contribution is 5.46. The molecule has 0 atom stereocenters. The van der Waals surface area contributed by atoms with Crippen LogP contribution in [0.3, 0.4) is 0 Å². The van der Waals surface area contributed by atoms with Gasteiger partial charge in [-0.05, 0) is 5.69 Å². The summed E-state index contributed by atoms with van der Waals surface area (Å²) >= 11 is 0. The van der Waals surface area contributed by atoms with Crippen LogP contribution in [0, 0.1) is 23.5 Å². The number of nitrogens with zero attached hydrogens (tertiary/aromatic N) is 4. The van der Waals surface area contributed by atoms with E-state index in [4.69, 9.17) is 0 Å². The summed E-state index contributed by atoms with van der Waals surface area (Å²) in [7, 11) is 0. The highest BCUT2D eigenvalue weighted by atomic mass is 19.2. The number of pyridine rings is 1. The summed E-state index contributed by atoms with van der Waals surface area (Å²) in [6, 6.07) is 0. The van der Waals surface area contributed by atoms with Crippen LogP contribution in [0.15, 0.2) is 24.8 Å². The topological polar surface area (TPSA) is 43.8 Å². The van der Waals surface area contributed by atoms with Gasteiger partial charge in [-0.15, -0.1) is 0 Å². The first-order valence-electron chi connectivity index (χ1n) is 4.33. The molecule has 0 aliphatic carbocycles. The van der Waals surface area contributed by atoms with Gasteiger partial charge in [0.15, 0.2) is 24.0 Å². The van der Waals surface area contributed by atoms with Crippen molar-refractivity contribution in [3.05, 3.63) is 53.7 Å². The van der Waals surface area contributed by atoms with E-state index in [-0.39, 0.29) is 0 Å². The Kier molecular flexibility index (Phi) is 2.86. The summed E-state index contributed by atoms with van der Waals surface area (Å²) in [5.74, 6) is -6.82. The molecule has 0 radical (unpaired) electrons. The fraction of sp³-hybridized carbons (Fsp3) is 0. The van der Waals surface area contributed by atoms with Crippen molar-refractivity contribution in [1.29, 1.82) is 0 Å². The molecule has 0 spiro atoms. The second-order valence-corrected chi connectivity index (χ2v) is 2.90. The van der Waals surface area contributed by atoms with Gasteiger partial charge in [-0.3, -0.25) is 4.98 Å². The van der Waals surface area contributed by atoms with E-state index >= 15 is 0 Å². The van der Waals surface area contributed by atoms with Crippen LogP contribution in [0.25, 0.3) is 5.43 Å². The molecule has 8 heteroatoms. The molecule has 17 heavy (non-hydrogen) atoms. The lowest BCUT2D eigenvalue weighted by atomic mass is 10.3. The maximum absolute atomic E-state index is 13.2. The summed E-state index contributed by atoms with van der Waals surface area (Å²) < 4.78 is 52.8. The fourth-order valence-corrected chi connectivity index (χ4v) is 1.06. The average Bonchev–Trinajstić information content (AvgIpc) is 2.33. The van der Waals surface area contributed by atoms with Gasteiger partial charge in [-0.25, -0.2) is 13.5 Å². The lowest BCUT2D eigenvalue weighted by molar-refractivity contribution is -0.619. The minimum atomic E-state index is -1.75. The lowest BCUT2D eigenvalue weighted by Crippen LogP contribution is -2.27. The third-order valence-electron chi connectivity index (χ3n) is 1.80. The maximum atomic E-state index is 13.2. The summed E-state index contributed by atoms with van der Waals surface area (Å²) in [5, 5.41) is 0. The fourth-order valence-electron chi connectivity index (χ4n) is 1.06. The number of rotatable bonds is 2. The Morgan fingerprint density at radius 3 is 2.00 bits per heavy atom. The largest absolute Gasteiger partial charge is 0.399 e. The van der Waals surface area contributed by atoms with Gasteiger partial charge in [0.2, 0.25) is 0 Å². The maximum Gasteiger partial charge on any atom is 0.250 e. The molecule has 4 nitrogen and oxygen atoms in total. The number of hydrogen-bond donors (Lipinski definition) is 0. The molecule has 0 fully saturated rings. The van der Waals surface area contributed by atoms with Gasteiger partial charge in [0.25, 0.3) is 11.9 Å². The molecule has 2 aromatic heterocycles. The van der Waals surface area contributed by atoms with E-state index in [1.807, 2.05) is 0 Å². The smallest absolute Gasteiger partial charge is 0.250 e. The van der Waals surface area contributed by atoms with Crippen molar-refractivity contribution in [2.45, 2.75) is 0 Å². The van der Waals surface area contributed by atoms with Crippen molar-refractivity contribution in [3.63, 3.8) is 0 Å². The SMILES string of the molecule is Fc1nc(F)c(F)c([N-][n+]2ccncc2)c1F. The van der Waals surface area contributed by atoms with Crippen molar-refractivity contribution < 1.29 is 22.2 Å². The van der Waals surface area contributed by atoms with E-state index in [0.717, 1.165) is 4.68 Å². The lowest BCUT2D eigenvalue weighted by Gasteiger charge is -2.15. The Labute approximate surface area is 92.5 Å². The second-order valence-electron chi connectivity index (χ2n) is 2.90. The first-order valence-corrected chi connectivity index (χ1v) is 4.33. The number of hydrogen-bond acceptors (Lipinski definition) is 2. The second kappa shape index (κ2) is 4.32. The molecule has 88 valence electrons. The van der Waals surface area contributed by atoms with Gasteiger partial charge in [-0.2, -0.15) is 13.8 Å². The van der Waals surface area contributed by atoms with Crippen LogP contribution >= 0.6 is 0 Å². The summed E-state index contributed by atoms with van der Waals surface area (Å²) in [6.45, 7) is 0. The zero-order chi connectivity index (χ0) is 12.4. The minimum Gasteiger partial charge on any atom is -0.399 e. The molecule has 2 heterocycles. The first-order chi connectivity index (χ1) is 8.09. The van der Waals surface area contributed by atoms with Crippen LogP contribution in [0.5, 0.6) is 0 Å². The molecule has 0 saturated heterocycles. The van der Waals surface area contributed by atoms with Crippen molar-refractivity contribution in [2.24, 2.45) is 0 Å². The van der Waals surface area contributed by atoms with Gasteiger partial charge in [0.1, 0.15) is 0 Å². The molecule has 0 N–H and O–H groups in total. The van der Waals surface area contributed by atoms with E-state index in [1.54, 1.807) is 0 Å². The summed E-state index contributed by atoms with van der Waals surface area (Å²) in [5.41, 5.74) is 2.28. The van der Waals surface area contributed by atoms with Crippen LogP contribution in [-0.4, -0.2) is 9.97 Å². The minimum absolute atomic E-state index is 0.952. The van der Waals surface area contributed by atoms with E-state index < -0.39 is 29.2 Å². The Morgan fingerprint density at radius 2 is 1.47 bits per heavy atom. The third kappa shape index (κ3) is 2.14. The molecule has 0 aliphatic rings. The van der Waals surface area contributed by atoms with E-state index in [2.05, 4.69) is 15.4 Å². The predicted molar refractivity (Wildman–Crippen MR) is 46.9 cm³/mol.